The lowest BCUT2D eigenvalue weighted by atomic mass is 10.1. The Hall–Kier alpha value is -5.01. The van der Waals surface area contributed by atoms with E-state index in [1.54, 1.807) is 47.1 Å². The number of anilines is 3. The fraction of sp³-hybridized carbons (Fsp3) is 0.258. The highest BCUT2D eigenvalue weighted by atomic mass is 35.5. The number of rotatable bonds is 10. The van der Waals surface area contributed by atoms with Crippen LogP contribution in [0.1, 0.15) is 19.8 Å². The number of likely N-dealkylation sites (tertiary alicyclic amines) is 1. The number of fused-ring (bicyclic) bond motifs is 2. The van der Waals surface area contributed by atoms with Gasteiger partial charge in [-0.15, -0.1) is 0 Å². The predicted molar refractivity (Wildman–Crippen MR) is 169 cm³/mol. The normalized spacial score (nSPS) is 15.4. The fourth-order valence-electron chi connectivity index (χ4n) is 5.12. The molecular formula is C31H30ClFN8O4. The zero-order chi connectivity index (χ0) is 31.5. The van der Waals surface area contributed by atoms with Crippen molar-refractivity contribution in [2.75, 3.05) is 37.9 Å². The first-order chi connectivity index (χ1) is 21.8. The first-order valence-electron chi connectivity index (χ1n) is 14.2. The number of carbonyl (C=O) groups is 1. The highest BCUT2D eigenvalue weighted by Gasteiger charge is 2.23. The van der Waals surface area contributed by atoms with Crippen molar-refractivity contribution in [2.24, 2.45) is 0 Å². The van der Waals surface area contributed by atoms with Crippen molar-refractivity contribution < 1.29 is 23.4 Å². The van der Waals surface area contributed by atoms with Gasteiger partial charge >= 0.3 is 0 Å². The molecule has 0 aliphatic carbocycles. The van der Waals surface area contributed by atoms with E-state index in [-0.39, 0.29) is 11.7 Å². The van der Waals surface area contributed by atoms with Gasteiger partial charge in [0.2, 0.25) is 0 Å². The summed E-state index contributed by atoms with van der Waals surface area (Å²) in [7, 11) is 3.43. The number of halogens is 2. The van der Waals surface area contributed by atoms with E-state index in [9.17, 15) is 9.18 Å². The summed E-state index contributed by atoms with van der Waals surface area (Å²) in [5.74, 6) is 0.316. The zero-order valence-corrected chi connectivity index (χ0v) is 25.5. The lowest BCUT2D eigenvalue weighted by molar-refractivity contribution is -0.114. The summed E-state index contributed by atoms with van der Waals surface area (Å²) >= 11 is 6.63. The Morgan fingerprint density at radius 2 is 1.98 bits per heavy atom. The van der Waals surface area contributed by atoms with E-state index in [1.807, 2.05) is 18.9 Å². The van der Waals surface area contributed by atoms with Crippen molar-refractivity contribution in [1.29, 1.82) is 0 Å². The van der Waals surface area contributed by atoms with Gasteiger partial charge < -0.3 is 24.8 Å². The summed E-state index contributed by atoms with van der Waals surface area (Å²) < 4.78 is 34.0. The van der Waals surface area contributed by atoms with Crippen LogP contribution in [0.4, 0.5) is 21.6 Å². The van der Waals surface area contributed by atoms with Crippen LogP contribution in [0.3, 0.4) is 0 Å². The molecule has 232 valence electrons. The second-order valence-corrected chi connectivity index (χ2v) is 10.7. The molecule has 12 nitrogen and oxygen atoms in total. The SMILES string of the molecule is CCOc1cc2ncnc(Nc3cc(Cl)c(Oc4ccn5ncnc5c4)cc3OC)c2cc1NC(=O)/C(F)=C/[C@H]1CCCN1C. The molecule has 0 unspecified atom stereocenters. The monoisotopic (exact) mass is 632 g/mol. The Kier molecular flexibility index (Phi) is 8.62. The molecule has 14 heteroatoms. The number of methoxy groups -OCH3 is 1. The Morgan fingerprint density at radius 3 is 2.76 bits per heavy atom. The van der Waals surface area contributed by atoms with Gasteiger partial charge in [0.1, 0.15) is 41.5 Å². The maximum absolute atomic E-state index is 15.0. The van der Waals surface area contributed by atoms with Crippen molar-refractivity contribution >= 4 is 51.3 Å². The average Bonchev–Trinajstić information content (AvgIpc) is 3.67. The quantitative estimate of drug-likeness (QED) is 0.173. The number of nitrogens with one attached hydrogen (secondary N) is 2. The van der Waals surface area contributed by atoms with Crippen molar-refractivity contribution in [3.8, 4) is 23.0 Å². The summed E-state index contributed by atoms with van der Waals surface area (Å²) in [5, 5.41) is 10.8. The van der Waals surface area contributed by atoms with Gasteiger partial charge in [-0.2, -0.15) is 5.10 Å². The molecule has 1 atom stereocenters. The average molecular weight is 633 g/mol. The molecular weight excluding hydrogens is 603 g/mol. The summed E-state index contributed by atoms with van der Waals surface area (Å²) in [6.07, 6.45) is 7.68. The second-order valence-electron chi connectivity index (χ2n) is 10.3. The third-order valence-electron chi connectivity index (χ3n) is 7.40. The molecule has 4 heterocycles. The first-order valence-corrected chi connectivity index (χ1v) is 14.6. The molecule has 0 saturated carbocycles. The third-order valence-corrected chi connectivity index (χ3v) is 7.70. The number of hydrogen-bond acceptors (Lipinski definition) is 10. The highest BCUT2D eigenvalue weighted by molar-refractivity contribution is 6.32. The van der Waals surface area contributed by atoms with Crippen molar-refractivity contribution in [3.63, 3.8) is 0 Å². The standard InChI is InChI=1S/C31H30ClFN8O4/c1-4-44-28-14-23-20(12-24(28)39-31(42)22(33)10-18-6-5-8-40(18)2)30(36-16-34-23)38-25-13-21(32)26(15-27(25)43-3)45-19-7-9-41-29(11-19)35-17-37-41/h7,9-18H,4-6,8H2,1-3H3,(H,39,42)(H,34,36,38)/b22-10-/t18-/m1/s1. The summed E-state index contributed by atoms with van der Waals surface area (Å²) in [4.78, 5) is 27.9. The molecule has 0 spiro atoms. The number of benzene rings is 2. The van der Waals surface area contributed by atoms with Crippen LogP contribution < -0.4 is 24.8 Å². The molecule has 2 N–H and O–H groups in total. The lowest BCUT2D eigenvalue weighted by Gasteiger charge is -2.17. The number of likely N-dealkylation sites (N-methyl/N-ethyl adjacent to an activating group) is 1. The largest absolute Gasteiger partial charge is 0.494 e. The maximum Gasteiger partial charge on any atom is 0.284 e. The van der Waals surface area contributed by atoms with E-state index in [0.29, 0.717) is 62.7 Å². The number of hydrogen-bond donors (Lipinski definition) is 2. The molecule has 0 bridgehead atoms. The smallest absolute Gasteiger partial charge is 0.284 e. The Morgan fingerprint density at radius 1 is 1.11 bits per heavy atom. The number of amides is 1. The number of nitrogens with zero attached hydrogens (tertiary/aromatic N) is 6. The summed E-state index contributed by atoms with van der Waals surface area (Å²) in [6, 6.07) is 9.96. The Balaban J connectivity index is 1.29. The molecule has 3 aromatic heterocycles. The van der Waals surface area contributed by atoms with E-state index in [4.69, 9.17) is 25.8 Å². The third kappa shape index (κ3) is 6.44. The Labute approximate surface area is 262 Å². The topological polar surface area (TPSA) is 128 Å². The molecule has 0 radical (unpaired) electrons. The van der Waals surface area contributed by atoms with Crippen LogP contribution in [0.15, 0.2) is 67.2 Å². The summed E-state index contributed by atoms with van der Waals surface area (Å²) in [5.41, 5.74) is 1.92. The van der Waals surface area contributed by atoms with Gasteiger partial charge in [0, 0.05) is 35.8 Å². The van der Waals surface area contributed by atoms with Crippen molar-refractivity contribution in [2.45, 2.75) is 25.8 Å². The predicted octanol–water partition coefficient (Wildman–Crippen LogP) is 6.16. The fourth-order valence-corrected chi connectivity index (χ4v) is 5.33. The van der Waals surface area contributed by atoms with E-state index >= 15 is 0 Å². The molecule has 2 aromatic carbocycles. The van der Waals surface area contributed by atoms with E-state index < -0.39 is 11.7 Å². The number of aromatic nitrogens is 5. The van der Waals surface area contributed by atoms with Crippen LogP contribution in [0, 0.1) is 0 Å². The molecule has 1 aliphatic heterocycles. The lowest BCUT2D eigenvalue weighted by Crippen LogP contribution is -2.24. The first kappa shape index (κ1) is 30.0. The second kappa shape index (κ2) is 12.9. The minimum absolute atomic E-state index is 0.126. The molecule has 45 heavy (non-hydrogen) atoms. The van der Waals surface area contributed by atoms with Gasteiger partial charge in [0.25, 0.3) is 5.91 Å². The molecule has 5 aromatic rings. The van der Waals surface area contributed by atoms with Crippen molar-refractivity contribution in [3.05, 3.63) is 72.2 Å². The highest BCUT2D eigenvalue weighted by Crippen LogP contribution is 2.41. The van der Waals surface area contributed by atoms with Crippen LogP contribution in [-0.4, -0.2) is 68.7 Å². The molecule has 1 aliphatic rings. The minimum atomic E-state index is -0.867. The van der Waals surface area contributed by atoms with E-state index in [2.05, 4.69) is 30.7 Å². The van der Waals surface area contributed by atoms with Gasteiger partial charge in [-0.05, 0) is 57.6 Å². The summed E-state index contributed by atoms with van der Waals surface area (Å²) in [6.45, 7) is 3.00. The Bertz CT molecular complexity index is 1920. The van der Waals surface area contributed by atoms with Crippen LogP contribution >= 0.6 is 11.6 Å². The van der Waals surface area contributed by atoms with Gasteiger partial charge in [-0.3, -0.25) is 9.69 Å². The van der Waals surface area contributed by atoms with Gasteiger partial charge in [-0.1, -0.05) is 11.6 Å². The molecule has 1 fully saturated rings. The number of carbonyl (C=O) groups excluding carboxylic acids is 1. The minimum Gasteiger partial charge on any atom is -0.494 e. The van der Waals surface area contributed by atoms with Crippen LogP contribution in [0.25, 0.3) is 16.6 Å². The zero-order valence-electron chi connectivity index (χ0n) is 24.8. The van der Waals surface area contributed by atoms with E-state index in [0.717, 1.165) is 19.4 Å². The molecule has 1 saturated heterocycles. The van der Waals surface area contributed by atoms with Crippen LogP contribution in [0.5, 0.6) is 23.0 Å². The van der Waals surface area contributed by atoms with Gasteiger partial charge in [-0.25, -0.2) is 23.9 Å². The van der Waals surface area contributed by atoms with Crippen LogP contribution in [0.2, 0.25) is 5.02 Å². The van der Waals surface area contributed by atoms with Crippen molar-refractivity contribution in [1.82, 2.24) is 29.5 Å². The maximum atomic E-state index is 15.0. The molecule has 6 rings (SSSR count). The number of pyridine rings is 1. The van der Waals surface area contributed by atoms with Gasteiger partial charge in [0.05, 0.1) is 35.6 Å². The van der Waals surface area contributed by atoms with Gasteiger partial charge in [0.15, 0.2) is 11.5 Å². The van der Waals surface area contributed by atoms with E-state index in [1.165, 1.54) is 25.8 Å². The molecule has 1 amide bonds. The number of ether oxygens (including phenoxy) is 3. The van der Waals surface area contributed by atoms with Crippen LogP contribution in [-0.2, 0) is 4.79 Å².